The molecule has 0 heterocycles. The van der Waals surface area contributed by atoms with Crippen LogP contribution < -0.4 is 0 Å². The van der Waals surface area contributed by atoms with Crippen LogP contribution in [0.1, 0.15) is 98.3 Å². The number of ether oxygens (including phenoxy) is 2. The molecule has 4 rings (SSSR count). The normalized spacial score (nSPS) is 46.4. The summed E-state index contributed by atoms with van der Waals surface area (Å²) in [5, 5.41) is 10.3. The van der Waals surface area contributed by atoms with Crippen LogP contribution in [-0.2, 0) is 14.3 Å². The summed E-state index contributed by atoms with van der Waals surface area (Å²) in [6.45, 7) is 9.31. The number of aliphatic hydroxyl groups is 1. The lowest BCUT2D eigenvalue weighted by atomic mass is 9.44. The minimum atomic E-state index is -0.455. The van der Waals surface area contributed by atoms with E-state index in [1.165, 1.54) is 44.9 Å². The molecule has 0 spiro atoms. The molecule has 0 bridgehead atoms. The van der Waals surface area contributed by atoms with E-state index >= 15 is 0 Å². The van der Waals surface area contributed by atoms with E-state index in [1.807, 2.05) is 0 Å². The first-order valence-corrected chi connectivity index (χ1v) is 13.1. The minimum Gasteiger partial charge on any atom is -0.436 e. The zero-order valence-corrected chi connectivity index (χ0v) is 20.6. The van der Waals surface area contributed by atoms with Crippen molar-refractivity contribution in [2.24, 2.45) is 46.3 Å². The molecule has 4 nitrogen and oxygen atoms in total. The third kappa shape index (κ3) is 4.21. The summed E-state index contributed by atoms with van der Waals surface area (Å²) < 4.78 is 10.4. The van der Waals surface area contributed by atoms with Gasteiger partial charge >= 0.3 is 5.97 Å². The zero-order valence-electron chi connectivity index (χ0n) is 20.6. The second kappa shape index (κ2) is 8.97. The number of carbonyl (C=O) groups excluding carboxylic acids is 1. The molecule has 1 N–H and O–H groups in total. The van der Waals surface area contributed by atoms with Gasteiger partial charge in [0, 0.05) is 13.5 Å². The van der Waals surface area contributed by atoms with Crippen LogP contribution in [0, 0.1) is 46.3 Å². The monoisotopic (exact) mass is 434 g/mol. The molecular weight excluding hydrogens is 388 g/mol. The van der Waals surface area contributed by atoms with E-state index in [0.29, 0.717) is 23.2 Å². The van der Waals surface area contributed by atoms with Crippen molar-refractivity contribution in [2.45, 2.75) is 111 Å². The van der Waals surface area contributed by atoms with Gasteiger partial charge < -0.3 is 14.6 Å². The molecule has 10 unspecified atom stereocenters. The number of hydrogen-bond donors (Lipinski definition) is 1. The Hall–Kier alpha value is -0.610. The van der Waals surface area contributed by atoms with Gasteiger partial charge in [-0.25, -0.2) is 0 Å². The van der Waals surface area contributed by atoms with Crippen LogP contribution in [0.4, 0.5) is 0 Å². The lowest BCUT2D eigenvalue weighted by Crippen LogP contribution is -2.54. The molecule has 31 heavy (non-hydrogen) atoms. The highest BCUT2D eigenvalue weighted by molar-refractivity contribution is 5.69. The van der Waals surface area contributed by atoms with Gasteiger partial charge in [0.1, 0.15) is 0 Å². The van der Waals surface area contributed by atoms with Crippen LogP contribution in [0.5, 0.6) is 0 Å². The zero-order chi connectivity index (χ0) is 22.4. The third-order valence-electron chi connectivity index (χ3n) is 10.8. The topological polar surface area (TPSA) is 55.8 Å². The van der Waals surface area contributed by atoms with Gasteiger partial charge in [-0.2, -0.15) is 0 Å². The van der Waals surface area contributed by atoms with Crippen LogP contribution in [0.3, 0.4) is 0 Å². The lowest BCUT2D eigenvalue weighted by Gasteiger charge is -2.61. The molecule has 4 heteroatoms. The van der Waals surface area contributed by atoms with E-state index in [9.17, 15) is 9.90 Å². The highest BCUT2D eigenvalue weighted by Crippen LogP contribution is 2.68. The smallest absolute Gasteiger partial charge is 0.308 e. The summed E-state index contributed by atoms with van der Waals surface area (Å²) in [5.41, 5.74) is 0.886. The van der Waals surface area contributed by atoms with Crippen molar-refractivity contribution >= 4 is 5.97 Å². The van der Waals surface area contributed by atoms with E-state index in [0.717, 1.165) is 48.9 Å². The Morgan fingerprint density at radius 2 is 1.71 bits per heavy atom. The Kier molecular flexibility index (Phi) is 6.81. The number of aliphatic hydroxyl groups excluding tert-OH is 1. The van der Waals surface area contributed by atoms with Crippen molar-refractivity contribution in [3.8, 4) is 0 Å². The summed E-state index contributed by atoms with van der Waals surface area (Å²) in [4.78, 5) is 12.2. The second-order valence-corrected chi connectivity index (χ2v) is 12.1. The molecule has 0 aromatic heterocycles. The predicted molar refractivity (Wildman–Crippen MR) is 122 cm³/mol. The molecule has 0 aromatic rings. The molecule has 10 atom stereocenters. The quantitative estimate of drug-likeness (QED) is 0.414. The average molecular weight is 435 g/mol. The van der Waals surface area contributed by atoms with E-state index in [2.05, 4.69) is 20.8 Å². The Bertz CT molecular complexity index is 649. The maximum absolute atomic E-state index is 12.2. The van der Waals surface area contributed by atoms with Crippen LogP contribution in [0.15, 0.2) is 0 Å². The maximum Gasteiger partial charge on any atom is 0.308 e. The van der Waals surface area contributed by atoms with Gasteiger partial charge in [-0.15, -0.1) is 0 Å². The van der Waals surface area contributed by atoms with Gasteiger partial charge in [-0.1, -0.05) is 20.8 Å². The van der Waals surface area contributed by atoms with Crippen molar-refractivity contribution < 1.29 is 19.4 Å². The summed E-state index contributed by atoms with van der Waals surface area (Å²) in [5.74, 6) is 4.48. The van der Waals surface area contributed by atoms with Gasteiger partial charge in [-0.3, -0.25) is 4.79 Å². The molecule has 0 radical (unpaired) electrons. The molecule has 0 saturated heterocycles. The number of hydrogen-bond acceptors (Lipinski definition) is 4. The highest BCUT2D eigenvalue weighted by Gasteiger charge is 2.60. The van der Waals surface area contributed by atoms with E-state index < -0.39 is 6.29 Å². The Morgan fingerprint density at radius 1 is 1.00 bits per heavy atom. The van der Waals surface area contributed by atoms with E-state index in [-0.39, 0.29) is 12.1 Å². The maximum atomic E-state index is 12.2. The van der Waals surface area contributed by atoms with Gasteiger partial charge in [0.05, 0.1) is 6.10 Å². The fraction of sp³-hybridized carbons (Fsp3) is 0.963. The van der Waals surface area contributed by atoms with Gasteiger partial charge in [0.15, 0.2) is 6.29 Å². The van der Waals surface area contributed by atoms with Gasteiger partial charge in [-0.05, 0) is 117 Å². The highest BCUT2D eigenvalue weighted by atomic mass is 16.7. The first kappa shape index (κ1) is 23.5. The average Bonchev–Trinajstić information content (AvgIpc) is 3.09. The number of esters is 1. The first-order chi connectivity index (χ1) is 14.7. The van der Waals surface area contributed by atoms with Crippen molar-refractivity contribution in [1.82, 2.24) is 0 Å². The van der Waals surface area contributed by atoms with E-state index in [1.54, 1.807) is 14.0 Å². The summed E-state index contributed by atoms with van der Waals surface area (Å²) in [6.07, 6.45) is 12.3. The lowest BCUT2D eigenvalue weighted by molar-refractivity contribution is -0.170. The molecular formula is C27H46O4. The Morgan fingerprint density at radius 3 is 2.45 bits per heavy atom. The van der Waals surface area contributed by atoms with Crippen molar-refractivity contribution in [2.75, 3.05) is 7.11 Å². The van der Waals surface area contributed by atoms with Crippen molar-refractivity contribution in [3.63, 3.8) is 0 Å². The van der Waals surface area contributed by atoms with Crippen LogP contribution in [0.2, 0.25) is 0 Å². The van der Waals surface area contributed by atoms with Crippen LogP contribution >= 0.6 is 0 Å². The fourth-order valence-electron chi connectivity index (χ4n) is 9.05. The number of methoxy groups -OCH3 is 1. The summed E-state index contributed by atoms with van der Waals surface area (Å²) >= 11 is 0. The first-order valence-electron chi connectivity index (χ1n) is 13.1. The van der Waals surface area contributed by atoms with Gasteiger partial charge in [0.25, 0.3) is 0 Å². The van der Waals surface area contributed by atoms with Crippen LogP contribution in [0.25, 0.3) is 0 Å². The summed E-state index contributed by atoms with van der Waals surface area (Å²) in [6, 6.07) is 0. The van der Waals surface area contributed by atoms with Crippen LogP contribution in [-0.4, -0.2) is 30.6 Å². The van der Waals surface area contributed by atoms with Gasteiger partial charge in [0.2, 0.25) is 0 Å². The summed E-state index contributed by atoms with van der Waals surface area (Å²) in [7, 11) is 1.57. The second-order valence-electron chi connectivity index (χ2n) is 12.1. The SMILES string of the molecule is COC(C)OC(=O)CCC(C)C1CCC2C3CCC4CC(O)CCC4(C)C3CCC12C. The molecule has 4 aliphatic rings. The molecule has 178 valence electrons. The van der Waals surface area contributed by atoms with E-state index in [4.69, 9.17) is 9.47 Å². The number of fused-ring (bicyclic) bond motifs is 5. The van der Waals surface area contributed by atoms with Crippen molar-refractivity contribution in [3.05, 3.63) is 0 Å². The fourth-order valence-corrected chi connectivity index (χ4v) is 9.05. The Balaban J connectivity index is 1.40. The molecule has 4 aliphatic carbocycles. The number of rotatable bonds is 6. The molecule has 0 amide bonds. The Labute approximate surface area is 189 Å². The predicted octanol–water partition coefficient (Wildman–Crippen LogP) is 5.96. The van der Waals surface area contributed by atoms with Crippen molar-refractivity contribution in [1.29, 1.82) is 0 Å². The largest absolute Gasteiger partial charge is 0.436 e. The molecule has 4 saturated carbocycles. The third-order valence-corrected chi connectivity index (χ3v) is 10.8. The number of carbonyl (C=O) groups is 1. The molecule has 0 aliphatic heterocycles. The molecule has 4 fully saturated rings. The molecule has 0 aromatic carbocycles. The minimum absolute atomic E-state index is 0.0567. The standard InChI is InChI=1S/C27H46O4/c1-17(6-11-25(29)31-18(2)30-5)22-9-10-23-21-8-7-19-16-20(28)12-14-26(19,3)24(21)13-15-27(22,23)4/h17-24,28H,6-16H2,1-5H3.